The molecule has 0 spiro atoms. The van der Waals surface area contributed by atoms with Gasteiger partial charge in [0.2, 0.25) is 0 Å². The van der Waals surface area contributed by atoms with Gasteiger partial charge in [-0.25, -0.2) is 0 Å². The molecule has 0 amide bonds. The molecule has 0 atom stereocenters. The van der Waals surface area contributed by atoms with Gasteiger partial charge in [0.1, 0.15) is 0 Å². The zero-order chi connectivity index (χ0) is 9.94. The minimum absolute atomic E-state index is 0.852. The minimum Gasteiger partial charge on any atom is -0.0885 e. The van der Waals surface area contributed by atoms with Crippen LogP contribution in [0.4, 0.5) is 0 Å². The van der Waals surface area contributed by atoms with E-state index in [2.05, 4.69) is 32.9 Å². The Hall–Kier alpha value is -0.260. The third-order valence-corrected chi connectivity index (χ3v) is 2.30. The van der Waals surface area contributed by atoms with Crippen molar-refractivity contribution in [2.75, 3.05) is 0 Å². The van der Waals surface area contributed by atoms with E-state index in [1.54, 1.807) is 0 Å². The van der Waals surface area contributed by atoms with E-state index in [-0.39, 0.29) is 0 Å². The van der Waals surface area contributed by atoms with E-state index in [1.165, 1.54) is 44.9 Å². The zero-order valence-electron chi connectivity index (χ0n) is 9.68. The third-order valence-electron chi connectivity index (χ3n) is 2.30. The molecule has 78 valence electrons. The van der Waals surface area contributed by atoms with E-state index < -0.39 is 0 Å². The molecule has 0 aliphatic rings. The van der Waals surface area contributed by atoms with Crippen molar-refractivity contribution in [3.8, 4) is 0 Å². The maximum absolute atomic E-state index is 2.36. The van der Waals surface area contributed by atoms with Gasteiger partial charge in [-0.2, -0.15) is 0 Å². The second-order valence-corrected chi connectivity index (χ2v) is 4.29. The molecule has 0 fully saturated rings. The first-order valence-electron chi connectivity index (χ1n) is 5.92. The summed E-state index contributed by atoms with van der Waals surface area (Å²) in [5.74, 6) is 0.852. The van der Waals surface area contributed by atoms with Crippen molar-refractivity contribution in [1.82, 2.24) is 0 Å². The second kappa shape index (κ2) is 9.83. The molecule has 0 aliphatic heterocycles. The molecule has 0 aromatic heterocycles. The average Bonchev–Trinajstić information content (AvgIpc) is 2.09. The van der Waals surface area contributed by atoms with Gasteiger partial charge in [-0.1, -0.05) is 52.2 Å². The average molecular weight is 182 g/mol. The standard InChI is InChI=1S/C13H26/c1-4-5-6-7-8-9-10-11-12-13(2)3/h9-10,13H,4-8,11-12H2,1-3H3/b10-9-. The molecule has 0 bridgehead atoms. The predicted molar refractivity (Wildman–Crippen MR) is 62.0 cm³/mol. The summed E-state index contributed by atoms with van der Waals surface area (Å²) in [6.07, 6.45) is 14.1. The monoisotopic (exact) mass is 182 g/mol. The Morgan fingerprint density at radius 3 is 2.23 bits per heavy atom. The summed E-state index contributed by atoms with van der Waals surface area (Å²) in [6.45, 7) is 6.84. The molecular formula is C13H26. The van der Waals surface area contributed by atoms with Crippen molar-refractivity contribution in [2.24, 2.45) is 5.92 Å². The SMILES string of the molecule is CCCCCC/C=C\CCC(C)C. The van der Waals surface area contributed by atoms with E-state index in [1.807, 2.05) is 0 Å². The van der Waals surface area contributed by atoms with Gasteiger partial charge in [0.15, 0.2) is 0 Å². The molecule has 0 aliphatic carbocycles. The Kier molecular flexibility index (Phi) is 9.63. The van der Waals surface area contributed by atoms with Crippen molar-refractivity contribution >= 4 is 0 Å². The molecule has 0 rings (SSSR count). The maximum atomic E-state index is 2.36. The summed E-state index contributed by atoms with van der Waals surface area (Å²) >= 11 is 0. The Bertz CT molecular complexity index is 111. The van der Waals surface area contributed by atoms with Gasteiger partial charge < -0.3 is 0 Å². The van der Waals surface area contributed by atoms with Gasteiger partial charge in [-0.3, -0.25) is 0 Å². The molecule has 0 heterocycles. The molecule has 0 N–H and O–H groups in total. The van der Waals surface area contributed by atoms with E-state index >= 15 is 0 Å². The summed E-state index contributed by atoms with van der Waals surface area (Å²) < 4.78 is 0. The van der Waals surface area contributed by atoms with Crippen LogP contribution in [0, 0.1) is 5.92 Å². The Labute approximate surface area is 84.4 Å². The fourth-order valence-corrected chi connectivity index (χ4v) is 1.35. The largest absolute Gasteiger partial charge is 0.0885 e. The first kappa shape index (κ1) is 12.7. The molecule has 0 saturated carbocycles. The number of hydrogen-bond donors (Lipinski definition) is 0. The van der Waals surface area contributed by atoms with Crippen molar-refractivity contribution in [3.05, 3.63) is 12.2 Å². The van der Waals surface area contributed by atoms with Gasteiger partial charge in [0, 0.05) is 0 Å². The van der Waals surface area contributed by atoms with Crippen LogP contribution in [-0.4, -0.2) is 0 Å². The topological polar surface area (TPSA) is 0 Å². The van der Waals surface area contributed by atoms with Crippen LogP contribution in [0.3, 0.4) is 0 Å². The normalized spacial score (nSPS) is 11.7. The smallest absolute Gasteiger partial charge is 0.0348 e. The summed E-state index contributed by atoms with van der Waals surface area (Å²) in [5.41, 5.74) is 0. The van der Waals surface area contributed by atoms with E-state index in [4.69, 9.17) is 0 Å². The van der Waals surface area contributed by atoms with Gasteiger partial charge in [-0.15, -0.1) is 0 Å². The lowest BCUT2D eigenvalue weighted by atomic mass is 10.1. The fourth-order valence-electron chi connectivity index (χ4n) is 1.35. The van der Waals surface area contributed by atoms with Crippen molar-refractivity contribution in [2.45, 2.75) is 65.7 Å². The number of unbranched alkanes of at least 4 members (excludes halogenated alkanes) is 4. The highest BCUT2D eigenvalue weighted by atomic mass is 14.0. The highest BCUT2D eigenvalue weighted by molar-refractivity contribution is 4.81. The van der Waals surface area contributed by atoms with E-state index in [0.717, 1.165) is 5.92 Å². The van der Waals surface area contributed by atoms with Gasteiger partial charge in [0.05, 0.1) is 0 Å². The van der Waals surface area contributed by atoms with Crippen LogP contribution in [0.15, 0.2) is 12.2 Å². The van der Waals surface area contributed by atoms with E-state index in [0.29, 0.717) is 0 Å². The van der Waals surface area contributed by atoms with Crippen LogP contribution in [-0.2, 0) is 0 Å². The summed E-state index contributed by atoms with van der Waals surface area (Å²) in [7, 11) is 0. The maximum Gasteiger partial charge on any atom is -0.0348 e. The lowest BCUT2D eigenvalue weighted by Crippen LogP contribution is -1.83. The highest BCUT2D eigenvalue weighted by Crippen LogP contribution is 2.06. The van der Waals surface area contributed by atoms with Crippen molar-refractivity contribution < 1.29 is 0 Å². The summed E-state index contributed by atoms with van der Waals surface area (Å²) in [6, 6.07) is 0. The first-order chi connectivity index (χ1) is 6.27. The molecule has 0 saturated heterocycles. The molecule has 0 radical (unpaired) electrons. The third kappa shape index (κ3) is 11.7. The lowest BCUT2D eigenvalue weighted by Gasteiger charge is -1.99. The van der Waals surface area contributed by atoms with E-state index in [9.17, 15) is 0 Å². The Morgan fingerprint density at radius 2 is 1.62 bits per heavy atom. The molecule has 0 unspecified atom stereocenters. The summed E-state index contributed by atoms with van der Waals surface area (Å²) in [5, 5.41) is 0. The van der Waals surface area contributed by atoms with Gasteiger partial charge >= 0.3 is 0 Å². The first-order valence-corrected chi connectivity index (χ1v) is 5.92. The molecule has 0 aromatic carbocycles. The number of allylic oxidation sites excluding steroid dienone is 2. The van der Waals surface area contributed by atoms with Crippen LogP contribution >= 0.6 is 0 Å². The Morgan fingerprint density at radius 1 is 0.923 bits per heavy atom. The van der Waals surface area contributed by atoms with Crippen LogP contribution in [0.25, 0.3) is 0 Å². The predicted octanol–water partition coefficient (Wildman–Crippen LogP) is 4.95. The molecule has 0 aromatic rings. The van der Waals surface area contributed by atoms with Gasteiger partial charge in [0.25, 0.3) is 0 Å². The van der Waals surface area contributed by atoms with Gasteiger partial charge in [-0.05, 0) is 31.6 Å². The molecule has 13 heavy (non-hydrogen) atoms. The number of hydrogen-bond acceptors (Lipinski definition) is 0. The van der Waals surface area contributed by atoms with Crippen LogP contribution in [0.2, 0.25) is 0 Å². The quantitative estimate of drug-likeness (QED) is 0.368. The van der Waals surface area contributed by atoms with Crippen molar-refractivity contribution in [3.63, 3.8) is 0 Å². The summed E-state index contributed by atoms with van der Waals surface area (Å²) in [4.78, 5) is 0. The number of rotatable bonds is 8. The van der Waals surface area contributed by atoms with Crippen LogP contribution in [0.1, 0.15) is 65.7 Å². The zero-order valence-corrected chi connectivity index (χ0v) is 9.68. The van der Waals surface area contributed by atoms with Crippen LogP contribution < -0.4 is 0 Å². The highest BCUT2D eigenvalue weighted by Gasteiger charge is 1.89. The van der Waals surface area contributed by atoms with Crippen LogP contribution in [0.5, 0.6) is 0 Å². The fraction of sp³-hybridized carbons (Fsp3) is 0.846. The Balaban J connectivity index is 3.03. The molecule has 0 heteroatoms. The lowest BCUT2D eigenvalue weighted by molar-refractivity contribution is 0.593. The second-order valence-electron chi connectivity index (χ2n) is 4.29. The van der Waals surface area contributed by atoms with Crippen molar-refractivity contribution in [1.29, 1.82) is 0 Å². The molecular weight excluding hydrogens is 156 g/mol. The molecule has 0 nitrogen and oxygen atoms in total. The minimum atomic E-state index is 0.852.